The Hall–Kier alpha value is -1.82. The van der Waals surface area contributed by atoms with E-state index in [2.05, 4.69) is 0 Å². The molecule has 1 rings (SSSR count). The molecular weight excluding hydrogens is 238 g/mol. The number of hydrogen-bond acceptors (Lipinski definition) is 5. The fourth-order valence-electron chi connectivity index (χ4n) is 1.06. The lowest BCUT2D eigenvalue weighted by Gasteiger charge is -2.09. The highest BCUT2D eigenvalue weighted by Crippen LogP contribution is 2.25. The third kappa shape index (κ3) is 3.09. The van der Waals surface area contributed by atoms with Crippen molar-refractivity contribution in [3.8, 4) is 5.75 Å². The molecule has 0 atom stereocenters. The van der Waals surface area contributed by atoms with E-state index >= 15 is 0 Å². The van der Waals surface area contributed by atoms with Gasteiger partial charge in [0.25, 0.3) is 5.69 Å². The minimum absolute atomic E-state index is 0.00986. The van der Waals surface area contributed by atoms with Crippen molar-refractivity contribution in [1.82, 2.24) is 0 Å². The van der Waals surface area contributed by atoms with Gasteiger partial charge in [-0.1, -0.05) is 0 Å². The number of carboxylic acid groups (broad SMARTS) is 1. The van der Waals surface area contributed by atoms with Gasteiger partial charge in [0.15, 0.2) is 0 Å². The molecule has 0 aromatic heterocycles. The average Bonchev–Trinajstić information content (AvgIpc) is 2.25. The van der Waals surface area contributed by atoms with Gasteiger partial charge < -0.3 is 14.6 Å². The summed E-state index contributed by atoms with van der Waals surface area (Å²) in [7, 11) is 0. The van der Waals surface area contributed by atoms with Crippen LogP contribution >= 0.6 is 11.6 Å². The van der Waals surface area contributed by atoms with E-state index in [1.54, 1.807) is 0 Å². The molecule has 0 bridgehead atoms. The lowest BCUT2D eigenvalue weighted by Crippen LogP contribution is -2.29. The van der Waals surface area contributed by atoms with Crippen LogP contribution in [-0.2, 0) is 10.7 Å². The van der Waals surface area contributed by atoms with Crippen LogP contribution in [0.5, 0.6) is 5.75 Å². The molecule has 1 aromatic rings. The van der Waals surface area contributed by atoms with Crippen LogP contribution in [0.2, 0.25) is 0 Å². The van der Waals surface area contributed by atoms with Crippen LogP contribution in [0.25, 0.3) is 0 Å². The zero-order valence-electron chi connectivity index (χ0n) is 8.01. The quantitative estimate of drug-likeness (QED) is 0.426. The Balaban J connectivity index is 2.93. The zero-order chi connectivity index (χ0) is 12.1. The Morgan fingerprint density at radius 3 is 2.69 bits per heavy atom. The van der Waals surface area contributed by atoms with E-state index in [4.69, 9.17) is 16.3 Å². The van der Waals surface area contributed by atoms with Crippen molar-refractivity contribution in [2.75, 3.05) is 6.61 Å². The fourth-order valence-corrected chi connectivity index (χ4v) is 1.27. The number of nitro benzene ring substituents is 1. The number of aliphatic carboxylic acids is 1. The second-order valence-corrected chi connectivity index (χ2v) is 3.11. The molecule has 6 nitrogen and oxygen atoms in total. The summed E-state index contributed by atoms with van der Waals surface area (Å²) in [5, 5.41) is 20.6. The number of carboxylic acids is 1. The number of carbonyl (C=O) groups excluding carboxylic acids is 1. The van der Waals surface area contributed by atoms with Crippen LogP contribution in [0.3, 0.4) is 0 Å². The first-order valence-corrected chi connectivity index (χ1v) is 4.74. The SMILES string of the molecule is O=C([O-])COc1ccc([N+](=O)[O-])cc1CCl. The third-order valence-electron chi connectivity index (χ3n) is 1.74. The van der Waals surface area contributed by atoms with Gasteiger partial charge in [0.05, 0.1) is 16.8 Å². The van der Waals surface area contributed by atoms with Crippen LogP contribution in [0.15, 0.2) is 18.2 Å². The summed E-state index contributed by atoms with van der Waals surface area (Å²) in [6.45, 7) is -0.623. The first-order chi connectivity index (χ1) is 7.54. The van der Waals surface area contributed by atoms with Crippen LogP contribution in [0.1, 0.15) is 5.56 Å². The van der Waals surface area contributed by atoms with Crippen molar-refractivity contribution < 1.29 is 19.6 Å². The number of rotatable bonds is 5. The van der Waals surface area contributed by atoms with E-state index < -0.39 is 17.5 Å². The monoisotopic (exact) mass is 244 g/mol. The predicted octanol–water partition coefficient (Wildman–Crippen LogP) is 0.462. The molecule has 7 heteroatoms. The maximum Gasteiger partial charge on any atom is 0.270 e. The Bertz CT molecular complexity index is 420. The summed E-state index contributed by atoms with van der Waals surface area (Å²) >= 11 is 5.56. The van der Waals surface area contributed by atoms with Crippen molar-refractivity contribution in [2.24, 2.45) is 0 Å². The normalized spacial score (nSPS) is 9.81. The van der Waals surface area contributed by atoms with Gasteiger partial charge in [0.2, 0.25) is 0 Å². The number of carbonyl (C=O) groups is 1. The van der Waals surface area contributed by atoms with Gasteiger partial charge in [-0.15, -0.1) is 11.6 Å². The van der Waals surface area contributed by atoms with Crippen LogP contribution in [0, 0.1) is 10.1 Å². The third-order valence-corrected chi connectivity index (χ3v) is 2.03. The van der Waals surface area contributed by atoms with E-state index in [1.807, 2.05) is 0 Å². The molecule has 0 saturated heterocycles. The lowest BCUT2D eigenvalue weighted by molar-refractivity contribution is -0.384. The highest BCUT2D eigenvalue weighted by Gasteiger charge is 2.10. The second-order valence-electron chi connectivity index (χ2n) is 2.84. The molecule has 16 heavy (non-hydrogen) atoms. The molecule has 1 aromatic carbocycles. The Kier molecular flexibility index (Phi) is 4.07. The van der Waals surface area contributed by atoms with Gasteiger partial charge in [-0.05, 0) is 6.07 Å². The van der Waals surface area contributed by atoms with Crippen LogP contribution in [-0.4, -0.2) is 17.5 Å². The van der Waals surface area contributed by atoms with Crippen molar-refractivity contribution in [1.29, 1.82) is 0 Å². The standard InChI is InChI=1S/C9H8ClNO5/c10-4-6-3-7(11(14)15)1-2-8(6)16-5-9(12)13/h1-3H,4-5H2,(H,12,13)/p-1. The van der Waals surface area contributed by atoms with Crippen LogP contribution in [0.4, 0.5) is 5.69 Å². The minimum atomic E-state index is -1.38. The number of non-ortho nitro benzene ring substituents is 1. The molecule has 86 valence electrons. The van der Waals surface area contributed by atoms with Gasteiger partial charge in [0, 0.05) is 17.7 Å². The number of halogens is 1. The number of hydrogen-bond donors (Lipinski definition) is 0. The average molecular weight is 245 g/mol. The van der Waals surface area contributed by atoms with E-state index in [-0.39, 0.29) is 17.3 Å². The minimum Gasteiger partial charge on any atom is -0.546 e. The van der Waals surface area contributed by atoms with Crippen molar-refractivity contribution in [3.05, 3.63) is 33.9 Å². The molecule has 0 aliphatic heterocycles. The van der Waals surface area contributed by atoms with E-state index in [0.29, 0.717) is 5.56 Å². The van der Waals surface area contributed by atoms with Gasteiger partial charge in [-0.3, -0.25) is 10.1 Å². The summed E-state index contributed by atoms with van der Waals surface area (Å²) in [5.41, 5.74) is 0.230. The zero-order valence-corrected chi connectivity index (χ0v) is 8.77. The predicted molar refractivity (Wildman–Crippen MR) is 53.2 cm³/mol. The molecule has 0 fully saturated rings. The molecule has 0 aliphatic carbocycles. The summed E-state index contributed by atoms with van der Waals surface area (Å²) in [6, 6.07) is 3.75. The lowest BCUT2D eigenvalue weighted by atomic mass is 10.2. The van der Waals surface area contributed by atoms with Gasteiger partial charge in [0.1, 0.15) is 12.4 Å². The topological polar surface area (TPSA) is 92.5 Å². The summed E-state index contributed by atoms with van der Waals surface area (Å²) in [6.07, 6.45) is 0. The largest absolute Gasteiger partial charge is 0.546 e. The van der Waals surface area contributed by atoms with Gasteiger partial charge in [-0.2, -0.15) is 0 Å². The number of nitrogens with zero attached hydrogens (tertiary/aromatic N) is 1. The van der Waals surface area contributed by atoms with Gasteiger partial charge in [-0.25, -0.2) is 0 Å². The van der Waals surface area contributed by atoms with Crippen molar-refractivity contribution in [2.45, 2.75) is 5.88 Å². The highest BCUT2D eigenvalue weighted by atomic mass is 35.5. The van der Waals surface area contributed by atoms with E-state index in [1.165, 1.54) is 18.2 Å². The van der Waals surface area contributed by atoms with Crippen molar-refractivity contribution in [3.63, 3.8) is 0 Å². The number of nitro groups is 1. The highest BCUT2D eigenvalue weighted by molar-refractivity contribution is 6.17. The molecule has 0 saturated carbocycles. The van der Waals surface area contributed by atoms with Gasteiger partial charge >= 0.3 is 0 Å². The van der Waals surface area contributed by atoms with E-state index in [9.17, 15) is 20.0 Å². The maximum atomic E-state index is 10.5. The molecular formula is C9H7ClNO5-. The Morgan fingerprint density at radius 2 is 2.19 bits per heavy atom. The molecule has 0 heterocycles. The molecule has 0 spiro atoms. The Labute approximate surface area is 95.6 Å². The summed E-state index contributed by atoms with van der Waals surface area (Å²) < 4.78 is 4.86. The van der Waals surface area contributed by atoms with Crippen LogP contribution < -0.4 is 9.84 Å². The Morgan fingerprint density at radius 1 is 1.50 bits per heavy atom. The fraction of sp³-hybridized carbons (Fsp3) is 0.222. The maximum absolute atomic E-state index is 10.5. The molecule has 0 amide bonds. The molecule has 0 N–H and O–H groups in total. The number of benzene rings is 1. The number of ether oxygens (including phenoxy) is 1. The number of alkyl halides is 1. The molecule has 0 unspecified atom stereocenters. The first kappa shape index (κ1) is 12.3. The smallest absolute Gasteiger partial charge is 0.270 e. The van der Waals surface area contributed by atoms with E-state index in [0.717, 1.165) is 0 Å². The molecule has 0 radical (unpaired) electrons. The first-order valence-electron chi connectivity index (χ1n) is 4.20. The second kappa shape index (κ2) is 5.32. The summed E-state index contributed by atoms with van der Waals surface area (Å²) in [5.74, 6) is -1.19. The molecule has 0 aliphatic rings. The van der Waals surface area contributed by atoms with Crippen molar-refractivity contribution >= 4 is 23.3 Å². The summed E-state index contributed by atoms with van der Waals surface area (Å²) in [4.78, 5) is 20.1.